The van der Waals surface area contributed by atoms with Crippen molar-refractivity contribution in [3.05, 3.63) is 70.3 Å². The van der Waals surface area contributed by atoms with Gasteiger partial charge in [0, 0.05) is 12.0 Å². The molecule has 2 rings (SSSR count). The van der Waals surface area contributed by atoms with Crippen LogP contribution in [0.3, 0.4) is 0 Å². The van der Waals surface area contributed by atoms with Gasteiger partial charge in [-0.2, -0.15) is 0 Å². The maximum atomic E-state index is 13.7. The number of carbonyl (C=O) groups excluding carboxylic acids is 1. The Morgan fingerprint density at radius 2 is 1.76 bits per heavy atom. The molecule has 0 aliphatic heterocycles. The molecule has 2 aromatic carbocycles. The highest BCUT2D eigenvalue weighted by atomic mass is 19.2. The van der Waals surface area contributed by atoms with Gasteiger partial charge >= 0.3 is 0 Å². The standard InChI is InChI=1S/C18H18F2O/c1-3-12-8-9-13(4-2)15(10-12)17(21)11-14-6-5-7-16(19)18(14)20/h5-10H,3-4,11H2,1-2H3. The van der Waals surface area contributed by atoms with Crippen molar-refractivity contribution >= 4 is 5.78 Å². The molecule has 0 aromatic heterocycles. The highest BCUT2D eigenvalue weighted by molar-refractivity contribution is 5.99. The first-order valence-electron chi connectivity index (χ1n) is 7.14. The molecule has 0 saturated heterocycles. The number of hydrogen-bond acceptors (Lipinski definition) is 1. The Bertz CT molecular complexity index is 662. The van der Waals surface area contributed by atoms with Crippen molar-refractivity contribution < 1.29 is 13.6 Å². The van der Waals surface area contributed by atoms with Crippen molar-refractivity contribution in [1.82, 2.24) is 0 Å². The maximum Gasteiger partial charge on any atom is 0.167 e. The van der Waals surface area contributed by atoms with Crippen molar-refractivity contribution in [2.24, 2.45) is 0 Å². The van der Waals surface area contributed by atoms with Gasteiger partial charge in [-0.1, -0.05) is 38.1 Å². The summed E-state index contributed by atoms with van der Waals surface area (Å²) in [6.45, 7) is 3.99. The molecule has 0 saturated carbocycles. The number of carbonyl (C=O) groups is 1. The van der Waals surface area contributed by atoms with E-state index in [9.17, 15) is 13.6 Å². The molecule has 0 unspecified atom stereocenters. The number of halogens is 2. The summed E-state index contributed by atoms with van der Waals surface area (Å²) in [6, 6.07) is 9.72. The van der Waals surface area contributed by atoms with Crippen LogP contribution in [-0.4, -0.2) is 5.78 Å². The largest absolute Gasteiger partial charge is 0.294 e. The highest BCUT2D eigenvalue weighted by Gasteiger charge is 2.15. The Morgan fingerprint density at radius 3 is 2.43 bits per heavy atom. The van der Waals surface area contributed by atoms with Gasteiger partial charge in [0.2, 0.25) is 0 Å². The fourth-order valence-electron chi connectivity index (χ4n) is 2.36. The summed E-state index contributed by atoms with van der Waals surface area (Å²) in [5.74, 6) is -2.03. The van der Waals surface area contributed by atoms with E-state index in [1.54, 1.807) is 0 Å². The summed E-state index contributed by atoms with van der Waals surface area (Å²) < 4.78 is 26.9. The SMILES string of the molecule is CCc1ccc(CC)c(C(=O)Cc2cccc(F)c2F)c1. The van der Waals surface area contributed by atoms with Gasteiger partial charge in [0.15, 0.2) is 17.4 Å². The lowest BCUT2D eigenvalue weighted by molar-refractivity contribution is 0.0990. The lowest BCUT2D eigenvalue weighted by Crippen LogP contribution is -2.09. The molecule has 0 aliphatic carbocycles. The molecule has 0 radical (unpaired) electrons. The van der Waals surface area contributed by atoms with E-state index < -0.39 is 11.6 Å². The zero-order chi connectivity index (χ0) is 15.4. The molecule has 3 heteroatoms. The lowest BCUT2D eigenvalue weighted by Gasteiger charge is -2.10. The zero-order valence-corrected chi connectivity index (χ0v) is 12.2. The Morgan fingerprint density at radius 1 is 1.00 bits per heavy atom. The third-order valence-electron chi connectivity index (χ3n) is 3.65. The fraction of sp³-hybridized carbons (Fsp3) is 0.278. The maximum absolute atomic E-state index is 13.7. The minimum absolute atomic E-state index is 0.101. The van der Waals surface area contributed by atoms with Crippen LogP contribution in [0.1, 0.15) is 40.9 Å². The van der Waals surface area contributed by atoms with Crippen LogP contribution in [-0.2, 0) is 19.3 Å². The van der Waals surface area contributed by atoms with Crippen molar-refractivity contribution in [2.45, 2.75) is 33.1 Å². The van der Waals surface area contributed by atoms with Crippen LogP contribution in [0.2, 0.25) is 0 Å². The van der Waals surface area contributed by atoms with Crippen molar-refractivity contribution in [1.29, 1.82) is 0 Å². The van der Waals surface area contributed by atoms with Gasteiger partial charge in [-0.25, -0.2) is 8.78 Å². The van der Waals surface area contributed by atoms with Crippen LogP contribution in [0, 0.1) is 11.6 Å². The molecular weight excluding hydrogens is 270 g/mol. The quantitative estimate of drug-likeness (QED) is 0.740. The second kappa shape index (κ2) is 6.61. The average molecular weight is 288 g/mol. The highest BCUT2D eigenvalue weighted by Crippen LogP contribution is 2.18. The topological polar surface area (TPSA) is 17.1 Å². The average Bonchev–Trinajstić information content (AvgIpc) is 2.51. The van der Waals surface area contributed by atoms with Gasteiger partial charge < -0.3 is 0 Å². The van der Waals surface area contributed by atoms with Gasteiger partial charge in [0.1, 0.15) is 0 Å². The number of rotatable bonds is 5. The van der Waals surface area contributed by atoms with Gasteiger partial charge in [0.05, 0.1) is 0 Å². The summed E-state index contributed by atoms with van der Waals surface area (Å²) in [5.41, 5.74) is 2.72. The first-order valence-corrected chi connectivity index (χ1v) is 7.14. The molecule has 1 nitrogen and oxygen atoms in total. The van der Waals surface area contributed by atoms with E-state index in [-0.39, 0.29) is 17.8 Å². The molecule has 0 amide bonds. The van der Waals surface area contributed by atoms with Crippen LogP contribution in [0.5, 0.6) is 0 Å². The molecule has 0 fully saturated rings. The van der Waals surface area contributed by atoms with E-state index in [1.807, 2.05) is 32.0 Å². The van der Waals surface area contributed by atoms with Gasteiger partial charge in [-0.15, -0.1) is 0 Å². The molecular formula is C18H18F2O. The van der Waals surface area contributed by atoms with Crippen LogP contribution in [0.4, 0.5) is 8.78 Å². The predicted molar refractivity (Wildman–Crippen MR) is 79.6 cm³/mol. The lowest BCUT2D eigenvalue weighted by atomic mass is 9.94. The third-order valence-corrected chi connectivity index (χ3v) is 3.65. The summed E-state index contributed by atoms with van der Waals surface area (Å²) in [7, 11) is 0. The van der Waals surface area contributed by atoms with Crippen LogP contribution < -0.4 is 0 Å². The van der Waals surface area contributed by atoms with Gasteiger partial charge in [0.25, 0.3) is 0 Å². The number of benzene rings is 2. The molecule has 0 spiro atoms. The van der Waals surface area contributed by atoms with Gasteiger partial charge in [-0.3, -0.25) is 4.79 Å². The van der Waals surface area contributed by atoms with Crippen LogP contribution in [0.15, 0.2) is 36.4 Å². The predicted octanol–water partition coefficient (Wildman–Crippen LogP) is 4.52. The Kier molecular flexibility index (Phi) is 4.84. The summed E-state index contributed by atoms with van der Waals surface area (Å²) in [6.07, 6.45) is 1.44. The molecule has 0 atom stereocenters. The Balaban J connectivity index is 2.34. The Hall–Kier alpha value is -2.03. The fourth-order valence-corrected chi connectivity index (χ4v) is 2.36. The first-order chi connectivity index (χ1) is 10.1. The number of hydrogen-bond donors (Lipinski definition) is 0. The van der Waals surface area contributed by atoms with E-state index in [1.165, 1.54) is 12.1 Å². The number of aryl methyl sites for hydroxylation is 2. The van der Waals surface area contributed by atoms with E-state index in [0.29, 0.717) is 5.56 Å². The minimum Gasteiger partial charge on any atom is -0.294 e. The second-order valence-electron chi connectivity index (χ2n) is 5.01. The van der Waals surface area contributed by atoms with Crippen LogP contribution >= 0.6 is 0 Å². The van der Waals surface area contributed by atoms with Gasteiger partial charge in [-0.05, 0) is 41.7 Å². The van der Waals surface area contributed by atoms with E-state index in [0.717, 1.165) is 30.0 Å². The summed E-state index contributed by atoms with van der Waals surface area (Å²) in [5, 5.41) is 0. The zero-order valence-electron chi connectivity index (χ0n) is 12.2. The molecule has 21 heavy (non-hydrogen) atoms. The number of ketones is 1. The summed E-state index contributed by atoms with van der Waals surface area (Å²) >= 11 is 0. The third kappa shape index (κ3) is 3.35. The molecule has 0 N–H and O–H groups in total. The molecule has 2 aromatic rings. The summed E-state index contributed by atoms with van der Waals surface area (Å²) in [4.78, 5) is 12.4. The minimum atomic E-state index is -0.935. The van der Waals surface area contributed by atoms with E-state index >= 15 is 0 Å². The monoisotopic (exact) mass is 288 g/mol. The Labute approximate surface area is 123 Å². The second-order valence-corrected chi connectivity index (χ2v) is 5.01. The molecule has 0 bridgehead atoms. The smallest absolute Gasteiger partial charge is 0.167 e. The van der Waals surface area contributed by atoms with Crippen LogP contribution in [0.25, 0.3) is 0 Å². The van der Waals surface area contributed by atoms with Crippen molar-refractivity contribution in [3.63, 3.8) is 0 Å². The first kappa shape index (κ1) is 15.4. The molecule has 0 heterocycles. The molecule has 110 valence electrons. The van der Waals surface area contributed by atoms with Crippen molar-refractivity contribution in [2.75, 3.05) is 0 Å². The van der Waals surface area contributed by atoms with Crippen molar-refractivity contribution in [3.8, 4) is 0 Å². The number of Topliss-reactive ketones (excluding diaryl/α,β-unsaturated/α-hetero) is 1. The van der Waals surface area contributed by atoms with E-state index in [2.05, 4.69) is 0 Å². The normalized spacial score (nSPS) is 10.7. The molecule has 0 aliphatic rings. The van der Waals surface area contributed by atoms with E-state index in [4.69, 9.17) is 0 Å².